The third-order valence-corrected chi connectivity index (χ3v) is 4.39. The van der Waals surface area contributed by atoms with Gasteiger partial charge >= 0.3 is 5.97 Å². The summed E-state index contributed by atoms with van der Waals surface area (Å²) >= 11 is 0. The van der Waals surface area contributed by atoms with Gasteiger partial charge in [0, 0.05) is 30.8 Å². The van der Waals surface area contributed by atoms with Gasteiger partial charge in [-0.15, -0.1) is 0 Å². The first-order chi connectivity index (χ1) is 12.5. The number of hydrogen-bond donors (Lipinski definition) is 2. The Balaban J connectivity index is 1.56. The van der Waals surface area contributed by atoms with Gasteiger partial charge in [-0.05, 0) is 48.7 Å². The van der Waals surface area contributed by atoms with E-state index in [1.807, 2.05) is 6.07 Å². The third kappa shape index (κ3) is 4.08. The monoisotopic (exact) mass is 352 g/mol. The van der Waals surface area contributed by atoms with Crippen molar-refractivity contribution in [1.29, 1.82) is 0 Å². The summed E-state index contributed by atoms with van der Waals surface area (Å²) in [5.74, 6) is -1.06. The molecule has 0 unspecified atom stereocenters. The summed E-state index contributed by atoms with van der Waals surface area (Å²) in [6, 6.07) is 13.7. The van der Waals surface area contributed by atoms with Crippen LogP contribution in [0.15, 0.2) is 48.5 Å². The Bertz CT molecular complexity index is 830. The predicted molar refractivity (Wildman–Crippen MR) is 97.5 cm³/mol. The van der Waals surface area contributed by atoms with Crippen molar-refractivity contribution < 1.29 is 19.5 Å². The number of nitrogens with zero attached hydrogens (tertiary/aromatic N) is 1. The van der Waals surface area contributed by atoms with Crippen molar-refractivity contribution in [3.05, 3.63) is 65.2 Å². The van der Waals surface area contributed by atoms with Crippen LogP contribution < -0.4 is 10.2 Å². The molecular formula is C20H20N2O4. The van der Waals surface area contributed by atoms with Gasteiger partial charge in [-0.25, -0.2) is 4.79 Å². The summed E-state index contributed by atoms with van der Waals surface area (Å²) in [6.07, 6.45) is 2.00. The van der Waals surface area contributed by atoms with Gasteiger partial charge in [-0.2, -0.15) is 0 Å². The Hall–Kier alpha value is -3.15. The minimum Gasteiger partial charge on any atom is -0.478 e. The van der Waals surface area contributed by atoms with Crippen LogP contribution in [0, 0.1) is 0 Å². The average molecular weight is 352 g/mol. The molecule has 6 heteroatoms. The second-order valence-corrected chi connectivity index (χ2v) is 6.21. The molecule has 6 nitrogen and oxygen atoms in total. The summed E-state index contributed by atoms with van der Waals surface area (Å²) < 4.78 is 0. The van der Waals surface area contributed by atoms with Gasteiger partial charge in [0.05, 0.1) is 5.56 Å². The molecule has 0 aromatic heterocycles. The summed E-state index contributed by atoms with van der Waals surface area (Å²) in [5.41, 5.74) is 2.46. The molecule has 1 heterocycles. The largest absolute Gasteiger partial charge is 0.478 e. The van der Waals surface area contributed by atoms with Crippen molar-refractivity contribution in [2.75, 3.05) is 18.0 Å². The third-order valence-electron chi connectivity index (χ3n) is 4.39. The van der Waals surface area contributed by atoms with E-state index in [0.29, 0.717) is 31.5 Å². The molecular weight excluding hydrogens is 332 g/mol. The maximum absolute atomic E-state index is 12.3. The quantitative estimate of drug-likeness (QED) is 0.836. The lowest BCUT2D eigenvalue weighted by molar-refractivity contribution is -0.117. The smallest absolute Gasteiger partial charge is 0.335 e. The van der Waals surface area contributed by atoms with E-state index in [-0.39, 0.29) is 17.4 Å². The molecule has 2 N–H and O–H groups in total. The van der Waals surface area contributed by atoms with Crippen molar-refractivity contribution in [3.8, 4) is 0 Å². The molecule has 1 fully saturated rings. The Kier molecular flexibility index (Phi) is 5.31. The van der Waals surface area contributed by atoms with E-state index >= 15 is 0 Å². The van der Waals surface area contributed by atoms with Crippen LogP contribution in [-0.2, 0) is 11.2 Å². The highest BCUT2D eigenvalue weighted by atomic mass is 16.4. The maximum atomic E-state index is 12.3. The van der Waals surface area contributed by atoms with Crippen LogP contribution in [0.3, 0.4) is 0 Å². The van der Waals surface area contributed by atoms with E-state index in [1.165, 1.54) is 0 Å². The zero-order valence-electron chi connectivity index (χ0n) is 14.3. The predicted octanol–water partition coefficient (Wildman–Crippen LogP) is 2.48. The first kappa shape index (κ1) is 17.7. The maximum Gasteiger partial charge on any atom is 0.335 e. The van der Waals surface area contributed by atoms with Crippen molar-refractivity contribution in [2.45, 2.75) is 19.3 Å². The number of amides is 2. The minimum atomic E-state index is -0.957. The summed E-state index contributed by atoms with van der Waals surface area (Å²) in [7, 11) is 0. The SMILES string of the molecule is O=C(O)c1ccc(CCNC(=O)c2cccc(N3CCCC3=O)c2)cc1. The Morgan fingerprint density at radius 1 is 1.08 bits per heavy atom. The molecule has 1 aliphatic rings. The first-order valence-electron chi connectivity index (χ1n) is 8.55. The van der Waals surface area contributed by atoms with Crippen LogP contribution in [0.4, 0.5) is 5.69 Å². The molecule has 0 bridgehead atoms. The van der Waals surface area contributed by atoms with E-state index in [4.69, 9.17) is 5.11 Å². The second kappa shape index (κ2) is 7.82. The number of benzene rings is 2. The lowest BCUT2D eigenvalue weighted by Crippen LogP contribution is -2.27. The number of aromatic carboxylic acids is 1. The highest BCUT2D eigenvalue weighted by Crippen LogP contribution is 2.22. The van der Waals surface area contributed by atoms with E-state index in [1.54, 1.807) is 47.4 Å². The summed E-state index contributed by atoms with van der Waals surface area (Å²) in [4.78, 5) is 36.7. The first-order valence-corrected chi connectivity index (χ1v) is 8.55. The molecule has 0 aliphatic carbocycles. The van der Waals surface area contributed by atoms with Gasteiger partial charge in [0.2, 0.25) is 5.91 Å². The zero-order chi connectivity index (χ0) is 18.5. The van der Waals surface area contributed by atoms with Gasteiger partial charge in [0.15, 0.2) is 0 Å². The number of nitrogens with one attached hydrogen (secondary N) is 1. The number of carboxylic acids is 1. The molecule has 26 heavy (non-hydrogen) atoms. The second-order valence-electron chi connectivity index (χ2n) is 6.21. The van der Waals surface area contributed by atoms with Crippen molar-refractivity contribution in [2.24, 2.45) is 0 Å². The molecule has 0 saturated carbocycles. The molecule has 0 atom stereocenters. The van der Waals surface area contributed by atoms with Crippen LogP contribution >= 0.6 is 0 Å². The van der Waals surface area contributed by atoms with Crippen LogP contribution in [0.25, 0.3) is 0 Å². The minimum absolute atomic E-state index is 0.0902. The molecule has 0 radical (unpaired) electrons. The molecule has 2 amide bonds. The van der Waals surface area contributed by atoms with E-state index in [9.17, 15) is 14.4 Å². The van der Waals surface area contributed by atoms with E-state index < -0.39 is 5.97 Å². The van der Waals surface area contributed by atoms with E-state index in [0.717, 1.165) is 17.7 Å². The Labute approximate surface area is 151 Å². The number of carbonyl (C=O) groups excluding carboxylic acids is 2. The summed E-state index contributed by atoms with van der Waals surface area (Å²) in [6.45, 7) is 1.13. The number of carboxylic acid groups (broad SMARTS) is 1. The topological polar surface area (TPSA) is 86.7 Å². The molecule has 134 valence electrons. The number of rotatable bonds is 6. The van der Waals surface area contributed by atoms with Crippen molar-refractivity contribution >= 4 is 23.5 Å². The highest BCUT2D eigenvalue weighted by Gasteiger charge is 2.22. The lowest BCUT2D eigenvalue weighted by Gasteiger charge is -2.16. The van der Waals surface area contributed by atoms with Crippen molar-refractivity contribution in [3.63, 3.8) is 0 Å². The molecule has 2 aromatic carbocycles. The highest BCUT2D eigenvalue weighted by molar-refractivity contribution is 5.99. The lowest BCUT2D eigenvalue weighted by atomic mass is 10.1. The Morgan fingerprint density at radius 3 is 2.50 bits per heavy atom. The fraction of sp³-hybridized carbons (Fsp3) is 0.250. The fourth-order valence-electron chi connectivity index (χ4n) is 2.97. The fourth-order valence-corrected chi connectivity index (χ4v) is 2.97. The van der Waals surface area contributed by atoms with E-state index in [2.05, 4.69) is 5.32 Å². The zero-order valence-corrected chi connectivity index (χ0v) is 14.3. The number of carbonyl (C=O) groups is 3. The molecule has 1 aliphatic heterocycles. The van der Waals surface area contributed by atoms with Gasteiger partial charge in [-0.3, -0.25) is 9.59 Å². The number of anilines is 1. The van der Waals surface area contributed by atoms with Gasteiger partial charge in [0.25, 0.3) is 5.91 Å². The average Bonchev–Trinajstić information content (AvgIpc) is 3.08. The van der Waals surface area contributed by atoms with Crippen LogP contribution in [0.5, 0.6) is 0 Å². The van der Waals surface area contributed by atoms with Crippen LogP contribution in [0.2, 0.25) is 0 Å². The molecule has 3 rings (SSSR count). The number of hydrogen-bond acceptors (Lipinski definition) is 3. The van der Waals surface area contributed by atoms with Crippen LogP contribution in [-0.4, -0.2) is 36.0 Å². The summed E-state index contributed by atoms with van der Waals surface area (Å²) in [5, 5.41) is 11.7. The van der Waals surface area contributed by atoms with Gasteiger partial charge in [-0.1, -0.05) is 18.2 Å². The normalized spacial score (nSPS) is 13.7. The molecule has 0 spiro atoms. The van der Waals surface area contributed by atoms with Crippen molar-refractivity contribution in [1.82, 2.24) is 5.32 Å². The van der Waals surface area contributed by atoms with Gasteiger partial charge < -0.3 is 15.3 Å². The Morgan fingerprint density at radius 2 is 1.85 bits per heavy atom. The molecule has 1 saturated heterocycles. The van der Waals surface area contributed by atoms with Gasteiger partial charge in [0.1, 0.15) is 0 Å². The standard InChI is InChI=1S/C20H20N2O4/c23-18-5-2-12-22(18)17-4-1-3-16(13-17)19(24)21-11-10-14-6-8-15(9-7-14)20(25)26/h1,3-4,6-9,13H,2,5,10-12H2,(H,21,24)(H,25,26). The van der Waals surface area contributed by atoms with Crippen LogP contribution in [0.1, 0.15) is 39.1 Å². The molecule has 2 aromatic rings.